The van der Waals surface area contributed by atoms with Crippen LogP contribution in [0.2, 0.25) is 0 Å². The molecule has 0 radical (unpaired) electrons. The lowest BCUT2D eigenvalue weighted by molar-refractivity contribution is 0.217. The summed E-state index contributed by atoms with van der Waals surface area (Å²) in [6.45, 7) is 2.91. The van der Waals surface area contributed by atoms with Crippen molar-refractivity contribution in [1.29, 1.82) is 0 Å². The summed E-state index contributed by atoms with van der Waals surface area (Å²) in [5.41, 5.74) is 6.91. The molecule has 2 rings (SSSR count). The summed E-state index contributed by atoms with van der Waals surface area (Å²) in [4.78, 5) is 0. The first kappa shape index (κ1) is 15.2. The van der Waals surface area contributed by atoms with Crippen molar-refractivity contribution >= 4 is 0 Å². The molecule has 0 bridgehead atoms. The molecule has 21 heavy (non-hydrogen) atoms. The second-order valence-corrected chi connectivity index (χ2v) is 4.73. The zero-order chi connectivity index (χ0) is 15.1. The summed E-state index contributed by atoms with van der Waals surface area (Å²) in [5, 5.41) is 0. The lowest BCUT2D eigenvalue weighted by atomic mass is 10.1. The normalized spacial score (nSPS) is 11.8. The summed E-state index contributed by atoms with van der Waals surface area (Å²) in [7, 11) is 1.64. The summed E-state index contributed by atoms with van der Waals surface area (Å²) in [5.74, 6) is 2.41. The average Bonchev–Trinajstić information content (AvgIpc) is 2.52. The Bertz CT molecular complexity index is 552. The summed E-state index contributed by atoms with van der Waals surface area (Å²) in [6, 6.07) is 15.3. The van der Waals surface area contributed by atoms with E-state index in [1.807, 2.05) is 55.5 Å². The Labute approximate surface area is 125 Å². The second-order valence-electron chi connectivity index (χ2n) is 4.73. The molecule has 0 aliphatic carbocycles. The number of hydrogen-bond donors (Lipinski definition) is 1. The third kappa shape index (κ3) is 4.68. The monoisotopic (exact) mass is 287 g/mol. The predicted molar refractivity (Wildman–Crippen MR) is 83.0 cm³/mol. The van der Waals surface area contributed by atoms with Crippen LogP contribution in [0.1, 0.15) is 18.5 Å². The Balaban J connectivity index is 1.77. The SMILES string of the molecule is COc1ccc(OCCOc2cccc([C@@H](C)N)c2)cc1. The Morgan fingerprint density at radius 1 is 0.905 bits per heavy atom. The minimum Gasteiger partial charge on any atom is -0.497 e. The van der Waals surface area contributed by atoms with Crippen molar-refractivity contribution < 1.29 is 14.2 Å². The van der Waals surface area contributed by atoms with Crippen LogP contribution in [0.5, 0.6) is 17.2 Å². The van der Waals surface area contributed by atoms with E-state index in [2.05, 4.69) is 0 Å². The van der Waals surface area contributed by atoms with E-state index in [9.17, 15) is 0 Å². The maximum Gasteiger partial charge on any atom is 0.122 e. The van der Waals surface area contributed by atoms with E-state index >= 15 is 0 Å². The fourth-order valence-electron chi connectivity index (χ4n) is 1.88. The van der Waals surface area contributed by atoms with E-state index in [0.717, 1.165) is 22.8 Å². The van der Waals surface area contributed by atoms with Gasteiger partial charge < -0.3 is 19.9 Å². The van der Waals surface area contributed by atoms with Crippen LogP contribution >= 0.6 is 0 Å². The zero-order valence-corrected chi connectivity index (χ0v) is 12.4. The van der Waals surface area contributed by atoms with Crippen molar-refractivity contribution in [2.75, 3.05) is 20.3 Å². The van der Waals surface area contributed by atoms with E-state index < -0.39 is 0 Å². The van der Waals surface area contributed by atoms with Gasteiger partial charge in [0.1, 0.15) is 30.5 Å². The Morgan fingerprint density at radius 3 is 2.14 bits per heavy atom. The van der Waals surface area contributed by atoms with Gasteiger partial charge in [-0.05, 0) is 48.9 Å². The van der Waals surface area contributed by atoms with Gasteiger partial charge in [0.05, 0.1) is 7.11 Å². The third-order valence-electron chi connectivity index (χ3n) is 3.06. The lowest BCUT2D eigenvalue weighted by Crippen LogP contribution is -2.10. The highest BCUT2D eigenvalue weighted by atomic mass is 16.5. The molecule has 2 aromatic carbocycles. The molecule has 0 saturated heterocycles. The molecule has 0 fully saturated rings. The number of nitrogens with two attached hydrogens (primary N) is 1. The van der Waals surface area contributed by atoms with Gasteiger partial charge in [-0.2, -0.15) is 0 Å². The van der Waals surface area contributed by atoms with Crippen molar-refractivity contribution in [3.63, 3.8) is 0 Å². The van der Waals surface area contributed by atoms with Crippen LogP contribution in [0.25, 0.3) is 0 Å². The van der Waals surface area contributed by atoms with E-state index in [0.29, 0.717) is 13.2 Å². The molecule has 0 saturated carbocycles. The highest BCUT2D eigenvalue weighted by molar-refractivity contribution is 5.31. The van der Waals surface area contributed by atoms with Crippen molar-refractivity contribution in [2.24, 2.45) is 5.73 Å². The van der Waals surface area contributed by atoms with Gasteiger partial charge >= 0.3 is 0 Å². The first-order valence-electron chi connectivity index (χ1n) is 6.94. The van der Waals surface area contributed by atoms with Crippen molar-refractivity contribution in [3.05, 3.63) is 54.1 Å². The number of hydrogen-bond acceptors (Lipinski definition) is 4. The number of ether oxygens (including phenoxy) is 3. The van der Waals surface area contributed by atoms with E-state index in [4.69, 9.17) is 19.9 Å². The highest BCUT2D eigenvalue weighted by Crippen LogP contribution is 2.18. The molecule has 0 aliphatic rings. The van der Waals surface area contributed by atoms with Crippen LogP contribution in [-0.4, -0.2) is 20.3 Å². The lowest BCUT2D eigenvalue weighted by Gasteiger charge is -2.11. The molecule has 2 aromatic rings. The van der Waals surface area contributed by atoms with Crippen LogP contribution < -0.4 is 19.9 Å². The van der Waals surface area contributed by atoms with Crippen LogP contribution in [0.15, 0.2) is 48.5 Å². The van der Waals surface area contributed by atoms with E-state index in [1.54, 1.807) is 7.11 Å². The Hall–Kier alpha value is -2.20. The molecule has 0 aromatic heterocycles. The largest absolute Gasteiger partial charge is 0.497 e. The van der Waals surface area contributed by atoms with Gasteiger partial charge in [-0.25, -0.2) is 0 Å². The molecule has 4 heteroatoms. The van der Waals surface area contributed by atoms with Gasteiger partial charge in [-0.3, -0.25) is 0 Å². The van der Waals surface area contributed by atoms with Crippen LogP contribution in [0, 0.1) is 0 Å². The molecule has 0 unspecified atom stereocenters. The molecule has 0 amide bonds. The smallest absolute Gasteiger partial charge is 0.122 e. The first-order valence-corrected chi connectivity index (χ1v) is 6.94. The Kier molecular flexibility index (Phi) is 5.46. The fraction of sp³-hybridized carbons (Fsp3) is 0.294. The number of methoxy groups -OCH3 is 1. The van der Waals surface area contributed by atoms with Gasteiger partial charge in [0.25, 0.3) is 0 Å². The average molecular weight is 287 g/mol. The molecule has 0 spiro atoms. The highest BCUT2D eigenvalue weighted by Gasteiger charge is 2.01. The molecule has 0 aliphatic heterocycles. The predicted octanol–water partition coefficient (Wildman–Crippen LogP) is 3.17. The minimum atomic E-state index is 0.00380. The van der Waals surface area contributed by atoms with Crippen molar-refractivity contribution in [1.82, 2.24) is 0 Å². The van der Waals surface area contributed by atoms with E-state index in [-0.39, 0.29) is 6.04 Å². The second kappa shape index (κ2) is 7.55. The van der Waals surface area contributed by atoms with Crippen LogP contribution in [-0.2, 0) is 0 Å². The molecule has 0 heterocycles. The van der Waals surface area contributed by atoms with Gasteiger partial charge in [0.2, 0.25) is 0 Å². The maximum atomic E-state index is 5.85. The number of benzene rings is 2. The summed E-state index contributed by atoms with van der Waals surface area (Å²) < 4.78 is 16.4. The van der Waals surface area contributed by atoms with Gasteiger partial charge in [-0.15, -0.1) is 0 Å². The van der Waals surface area contributed by atoms with Crippen molar-refractivity contribution in [3.8, 4) is 17.2 Å². The van der Waals surface area contributed by atoms with Crippen LogP contribution in [0.3, 0.4) is 0 Å². The molecular weight excluding hydrogens is 266 g/mol. The van der Waals surface area contributed by atoms with Crippen LogP contribution in [0.4, 0.5) is 0 Å². The summed E-state index contributed by atoms with van der Waals surface area (Å²) >= 11 is 0. The minimum absolute atomic E-state index is 0.00380. The molecule has 4 nitrogen and oxygen atoms in total. The summed E-state index contributed by atoms with van der Waals surface area (Å²) in [6.07, 6.45) is 0. The molecule has 2 N–H and O–H groups in total. The molecular formula is C17H21NO3. The van der Waals surface area contributed by atoms with Gasteiger partial charge in [0, 0.05) is 6.04 Å². The first-order chi connectivity index (χ1) is 10.2. The fourth-order valence-corrected chi connectivity index (χ4v) is 1.88. The third-order valence-corrected chi connectivity index (χ3v) is 3.06. The maximum absolute atomic E-state index is 5.85. The standard InChI is InChI=1S/C17H21NO3/c1-13(18)14-4-3-5-17(12-14)21-11-10-20-16-8-6-15(19-2)7-9-16/h3-9,12-13H,10-11,18H2,1-2H3/t13-/m1/s1. The van der Waals surface area contributed by atoms with Gasteiger partial charge in [0.15, 0.2) is 0 Å². The van der Waals surface area contributed by atoms with Crippen molar-refractivity contribution in [2.45, 2.75) is 13.0 Å². The quantitative estimate of drug-likeness (QED) is 0.795. The Morgan fingerprint density at radius 2 is 1.52 bits per heavy atom. The topological polar surface area (TPSA) is 53.7 Å². The van der Waals surface area contributed by atoms with E-state index in [1.165, 1.54) is 0 Å². The van der Waals surface area contributed by atoms with Gasteiger partial charge in [-0.1, -0.05) is 12.1 Å². The zero-order valence-electron chi connectivity index (χ0n) is 12.4. The number of rotatable bonds is 7. The molecule has 112 valence electrons. The molecule has 1 atom stereocenters.